The summed E-state index contributed by atoms with van der Waals surface area (Å²) < 4.78 is 33.2. The molecule has 0 fully saturated rings. The highest BCUT2D eigenvalue weighted by Crippen LogP contribution is 2.22. The fraction of sp³-hybridized carbons (Fsp3) is 0.227. The molecule has 4 rings (SSSR count). The second-order valence-corrected chi connectivity index (χ2v) is 6.96. The number of aryl methyl sites for hydroxylation is 3. The molecular formula is C22H20F2N4O. The van der Waals surface area contributed by atoms with Gasteiger partial charge in [0.1, 0.15) is 5.65 Å². The van der Waals surface area contributed by atoms with E-state index in [-0.39, 0.29) is 5.75 Å². The smallest absolute Gasteiger partial charge is 0.216 e. The molecule has 4 aromatic rings. The van der Waals surface area contributed by atoms with E-state index in [1.165, 1.54) is 19.4 Å². The predicted octanol–water partition coefficient (Wildman–Crippen LogP) is 4.32. The van der Waals surface area contributed by atoms with Crippen LogP contribution in [0.15, 0.2) is 42.9 Å². The van der Waals surface area contributed by atoms with Gasteiger partial charge in [0.05, 0.1) is 13.3 Å². The largest absolute Gasteiger partial charge is 0.492 e. The van der Waals surface area contributed by atoms with E-state index in [0.717, 1.165) is 22.2 Å². The minimum Gasteiger partial charge on any atom is -0.492 e. The van der Waals surface area contributed by atoms with Gasteiger partial charge < -0.3 is 9.72 Å². The Morgan fingerprint density at radius 2 is 1.83 bits per heavy atom. The van der Waals surface area contributed by atoms with Gasteiger partial charge in [-0.1, -0.05) is 6.07 Å². The van der Waals surface area contributed by atoms with E-state index in [4.69, 9.17) is 4.74 Å². The van der Waals surface area contributed by atoms with Gasteiger partial charge in [-0.05, 0) is 49.1 Å². The third-order valence-corrected chi connectivity index (χ3v) is 4.85. The molecule has 0 amide bonds. The fourth-order valence-corrected chi connectivity index (χ4v) is 3.29. The van der Waals surface area contributed by atoms with Crippen molar-refractivity contribution >= 4 is 11.0 Å². The van der Waals surface area contributed by atoms with Crippen molar-refractivity contribution in [3.63, 3.8) is 0 Å². The lowest BCUT2D eigenvalue weighted by atomic mass is 10.0. The number of aromatic nitrogens is 4. The summed E-state index contributed by atoms with van der Waals surface area (Å²) in [6, 6.07) is 6.92. The number of halogens is 2. The zero-order valence-electron chi connectivity index (χ0n) is 16.2. The first-order valence-electron chi connectivity index (χ1n) is 9.29. The molecule has 7 heteroatoms. The Balaban J connectivity index is 1.47. The molecule has 0 aliphatic carbocycles. The zero-order chi connectivity index (χ0) is 20.4. The lowest BCUT2D eigenvalue weighted by Crippen LogP contribution is -2.02. The number of aromatic amines is 1. The summed E-state index contributed by atoms with van der Waals surface area (Å²) in [7, 11) is 1.39. The van der Waals surface area contributed by atoms with E-state index in [9.17, 15) is 8.78 Å². The fourth-order valence-electron chi connectivity index (χ4n) is 3.29. The number of ether oxygens (including phenoxy) is 1. The van der Waals surface area contributed by atoms with Crippen molar-refractivity contribution in [1.29, 1.82) is 0 Å². The topological polar surface area (TPSA) is 63.7 Å². The molecule has 148 valence electrons. The highest BCUT2D eigenvalue weighted by molar-refractivity contribution is 5.80. The number of pyridine rings is 3. The van der Waals surface area contributed by atoms with Crippen LogP contribution in [0.2, 0.25) is 0 Å². The van der Waals surface area contributed by atoms with Crippen LogP contribution in [0.3, 0.4) is 0 Å². The third kappa shape index (κ3) is 4.08. The van der Waals surface area contributed by atoms with Crippen LogP contribution in [0, 0.1) is 18.7 Å². The molecule has 5 nitrogen and oxygen atoms in total. The Labute approximate surface area is 166 Å². The Morgan fingerprint density at radius 3 is 2.59 bits per heavy atom. The zero-order valence-corrected chi connectivity index (χ0v) is 16.2. The maximum Gasteiger partial charge on any atom is 0.216 e. The van der Waals surface area contributed by atoms with Crippen LogP contribution in [0.25, 0.3) is 11.0 Å². The summed E-state index contributed by atoms with van der Waals surface area (Å²) in [6.45, 7) is 1.98. The maximum absolute atomic E-state index is 14.6. The molecule has 1 N–H and O–H groups in total. The van der Waals surface area contributed by atoms with Crippen LogP contribution < -0.4 is 4.74 Å². The third-order valence-electron chi connectivity index (χ3n) is 4.85. The quantitative estimate of drug-likeness (QED) is 0.495. The van der Waals surface area contributed by atoms with Crippen LogP contribution in [-0.2, 0) is 19.3 Å². The second kappa shape index (κ2) is 7.95. The monoisotopic (exact) mass is 394 g/mol. The molecule has 0 saturated carbocycles. The summed E-state index contributed by atoms with van der Waals surface area (Å²) >= 11 is 0. The molecule has 0 atom stereocenters. The number of methoxy groups -OCH3 is 1. The summed E-state index contributed by atoms with van der Waals surface area (Å²) in [6.07, 6.45) is 6.35. The van der Waals surface area contributed by atoms with Crippen molar-refractivity contribution in [1.82, 2.24) is 19.9 Å². The average molecular weight is 394 g/mol. The van der Waals surface area contributed by atoms with Crippen LogP contribution in [0.4, 0.5) is 8.78 Å². The maximum atomic E-state index is 14.6. The second-order valence-electron chi connectivity index (χ2n) is 6.96. The first-order valence-corrected chi connectivity index (χ1v) is 9.29. The Bertz CT molecular complexity index is 1170. The van der Waals surface area contributed by atoms with Crippen molar-refractivity contribution in [2.45, 2.75) is 26.2 Å². The van der Waals surface area contributed by atoms with Gasteiger partial charge in [0, 0.05) is 41.2 Å². The summed E-state index contributed by atoms with van der Waals surface area (Å²) in [4.78, 5) is 15.7. The highest BCUT2D eigenvalue weighted by atomic mass is 19.1. The first kappa shape index (κ1) is 19.0. The minimum absolute atomic E-state index is 0.102. The molecule has 0 aliphatic rings. The molecule has 29 heavy (non-hydrogen) atoms. The number of hydrogen-bond donors (Lipinski definition) is 1. The highest BCUT2D eigenvalue weighted by Gasteiger charge is 2.12. The van der Waals surface area contributed by atoms with Gasteiger partial charge in [-0.25, -0.2) is 14.4 Å². The average Bonchev–Trinajstić information content (AvgIpc) is 3.10. The molecule has 0 bridgehead atoms. The van der Waals surface area contributed by atoms with Crippen LogP contribution in [-0.4, -0.2) is 27.0 Å². The van der Waals surface area contributed by atoms with Crippen molar-refractivity contribution in [3.8, 4) is 5.75 Å². The SMILES string of the molecule is COc1cnc(CCc2ccc(Cc3c[nH]c4ncc(C)cc34)c(F)n2)cc1F. The molecular weight excluding hydrogens is 374 g/mol. The van der Waals surface area contributed by atoms with E-state index in [0.29, 0.717) is 36.2 Å². The number of fused-ring (bicyclic) bond motifs is 1. The Kier molecular flexibility index (Phi) is 5.20. The number of hydrogen-bond acceptors (Lipinski definition) is 4. The van der Waals surface area contributed by atoms with Gasteiger partial charge in [-0.2, -0.15) is 4.39 Å². The van der Waals surface area contributed by atoms with E-state index in [1.807, 2.05) is 19.2 Å². The van der Waals surface area contributed by atoms with Crippen molar-refractivity contribution < 1.29 is 13.5 Å². The van der Waals surface area contributed by atoms with Gasteiger partial charge in [0.2, 0.25) is 5.95 Å². The van der Waals surface area contributed by atoms with Crippen molar-refractivity contribution in [3.05, 3.63) is 82.7 Å². The van der Waals surface area contributed by atoms with Crippen LogP contribution >= 0.6 is 0 Å². The van der Waals surface area contributed by atoms with Gasteiger partial charge in [0.25, 0.3) is 0 Å². The molecule has 0 unspecified atom stereocenters. The lowest BCUT2D eigenvalue weighted by Gasteiger charge is -2.07. The summed E-state index contributed by atoms with van der Waals surface area (Å²) in [5, 5.41) is 0.987. The molecule has 4 aromatic heterocycles. The van der Waals surface area contributed by atoms with E-state index in [2.05, 4.69) is 19.9 Å². The number of nitrogens with zero attached hydrogens (tertiary/aromatic N) is 3. The van der Waals surface area contributed by atoms with E-state index in [1.54, 1.807) is 18.3 Å². The number of nitrogens with one attached hydrogen (secondary N) is 1. The Morgan fingerprint density at radius 1 is 1.00 bits per heavy atom. The number of rotatable bonds is 6. The minimum atomic E-state index is -0.494. The van der Waals surface area contributed by atoms with Crippen molar-refractivity contribution in [2.75, 3.05) is 7.11 Å². The number of H-pyrrole nitrogens is 1. The lowest BCUT2D eigenvalue weighted by molar-refractivity contribution is 0.383. The normalized spacial score (nSPS) is 11.2. The van der Waals surface area contributed by atoms with Gasteiger partial charge in [0.15, 0.2) is 11.6 Å². The van der Waals surface area contributed by atoms with Gasteiger partial charge in [-0.15, -0.1) is 0 Å². The molecule has 0 radical (unpaired) electrons. The van der Waals surface area contributed by atoms with E-state index >= 15 is 0 Å². The van der Waals surface area contributed by atoms with Crippen LogP contribution in [0.5, 0.6) is 5.75 Å². The van der Waals surface area contributed by atoms with Crippen molar-refractivity contribution in [2.24, 2.45) is 0 Å². The molecule has 4 heterocycles. The standard InChI is InChI=1S/C22H20F2N4O/c1-13-7-18-15(11-27-22(18)26-10-13)8-14-3-4-16(28-21(14)24)5-6-17-9-19(23)20(29-2)12-25-17/h3-4,7,9-12H,5-6,8H2,1-2H3,(H,26,27). The molecule has 0 aromatic carbocycles. The first-order chi connectivity index (χ1) is 14.0. The van der Waals surface area contributed by atoms with Gasteiger partial charge >= 0.3 is 0 Å². The predicted molar refractivity (Wildman–Crippen MR) is 106 cm³/mol. The van der Waals surface area contributed by atoms with Gasteiger partial charge in [-0.3, -0.25) is 4.98 Å². The molecule has 0 saturated heterocycles. The summed E-state index contributed by atoms with van der Waals surface area (Å²) in [5.41, 5.74) is 4.50. The molecule has 0 spiro atoms. The van der Waals surface area contributed by atoms with E-state index < -0.39 is 11.8 Å². The molecule has 0 aliphatic heterocycles. The Hall–Kier alpha value is -3.35. The van der Waals surface area contributed by atoms with Crippen LogP contribution in [0.1, 0.15) is 28.1 Å². The summed E-state index contributed by atoms with van der Waals surface area (Å²) in [5.74, 6) is -0.855.